The van der Waals surface area contributed by atoms with E-state index in [0.29, 0.717) is 0 Å². The van der Waals surface area contributed by atoms with E-state index in [2.05, 4.69) is 0 Å². The van der Waals surface area contributed by atoms with Gasteiger partial charge in [-0.15, -0.1) is 11.8 Å². The summed E-state index contributed by atoms with van der Waals surface area (Å²) in [6.07, 6.45) is 13.9. The number of hydrogen-bond acceptors (Lipinski definition) is 3. The number of hydrogen-bond donors (Lipinski definition) is 0. The van der Waals surface area contributed by atoms with Gasteiger partial charge in [0.1, 0.15) is 9.49 Å². The van der Waals surface area contributed by atoms with E-state index in [1.807, 2.05) is 24.3 Å². The Morgan fingerprint density at radius 1 is 0.800 bits per heavy atom. The molecule has 1 saturated heterocycles. The molecule has 2 aliphatic carbocycles. The van der Waals surface area contributed by atoms with Gasteiger partial charge in [0, 0.05) is 0 Å². The second-order valence-corrected chi connectivity index (χ2v) is 5.23. The molecule has 2 atom stereocenters. The van der Waals surface area contributed by atoms with Crippen molar-refractivity contribution in [1.82, 2.24) is 0 Å². The number of thioether (sulfide) groups is 1. The molecule has 0 N–H and O–H groups in total. The third-order valence-corrected chi connectivity index (χ3v) is 4.70. The zero-order valence-corrected chi connectivity index (χ0v) is 8.66. The molecule has 3 heteroatoms. The Hall–Kier alpha value is -1.35. The van der Waals surface area contributed by atoms with Gasteiger partial charge in [-0.3, -0.25) is 9.59 Å². The van der Waals surface area contributed by atoms with Gasteiger partial charge >= 0.3 is 0 Å². The molecule has 2 nitrogen and oxygen atoms in total. The summed E-state index contributed by atoms with van der Waals surface area (Å²) in [5, 5.41) is 0. The summed E-state index contributed by atoms with van der Waals surface area (Å²) in [5.74, 6) is 0.0339. The Morgan fingerprint density at radius 3 is 1.67 bits per heavy atom. The molecule has 74 valence electrons. The zero-order chi connectivity index (χ0) is 10.5. The van der Waals surface area contributed by atoms with Crippen LogP contribution in [0.3, 0.4) is 0 Å². The second-order valence-electron chi connectivity index (χ2n) is 3.74. The van der Waals surface area contributed by atoms with Crippen LogP contribution in [0.4, 0.5) is 0 Å². The highest BCUT2D eigenvalue weighted by Gasteiger charge is 2.73. The Morgan fingerprint density at radius 2 is 1.27 bits per heavy atom. The normalized spacial score (nSPS) is 40.8. The minimum absolute atomic E-state index is 0.0169. The zero-order valence-electron chi connectivity index (χ0n) is 7.84. The minimum atomic E-state index is -0.653. The van der Waals surface area contributed by atoms with Gasteiger partial charge in [-0.1, -0.05) is 36.5 Å². The summed E-state index contributed by atoms with van der Waals surface area (Å²) in [4.78, 5) is 23.7. The van der Waals surface area contributed by atoms with Crippen molar-refractivity contribution in [3.63, 3.8) is 0 Å². The first-order valence-electron chi connectivity index (χ1n) is 4.72. The highest BCUT2D eigenvalue weighted by molar-refractivity contribution is 8.12. The van der Waals surface area contributed by atoms with Crippen molar-refractivity contribution in [3.05, 3.63) is 48.6 Å². The van der Waals surface area contributed by atoms with Crippen LogP contribution in [0.5, 0.6) is 0 Å². The number of carbonyl (C=O) groups is 2. The highest BCUT2D eigenvalue weighted by atomic mass is 32.2. The number of rotatable bonds is 0. The predicted octanol–water partition coefficient (Wildman–Crippen LogP) is 1.60. The average molecular weight is 216 g/mol. The lowest BCUT2D eigenvalue weighted by Gasteiger charge is -2.16. The molecule has 3 rings (SSSR count). The van der Waals surface area contributed by atoms with E-state index in [1.54, 1.807) is 24.3 Å². The number of ketones is 2. The largest absolute Gasteiger partial charge is 0.293 e. The molecule has 15 heavy (non-hydrogen) atoms. The summed E-state index contributed by atoms with van der Waals surface area (Å²) in [6.45, 7) is 0. The molecular weight excluding hydrogens is 208 g/mol. The molecule has 1 heterocycles. The molecule has 2 unspecified atom stereocenters. The van der Waals surface area contributed by atoms with Gasteiger partial charge in [0.25, 0.3) is 0 Å². The quantitative estimate of drug-likeness (QED) is 0.577. The first-order chi connectivity index (χ1) is 7.21. The van der Waals surface area contributed by atoms with E-state index in [-0.39, 0.29) is 11.6 Å². The Bertz CT molecular complexity index is 440. The molecule has 0 aromatic carbocycles. The lowest BCUT2D eigenvalue weighted by Crippen LogP contribution is -2.37. The van der Waals surface area contributed by atoms with E-state index in [1.165, 1.54) is 11.8 Å². The van der Waals surface area contributed by atoms with Crippen molar-refractivity contribution < 1.29 is 9.59 Å². The van der Waals surface area contributed by atoms with E-state index < -0.39 is 9.49 Å². The number of carbonyl (C=O) groups excluding carboxylic acids is 2. The summed E-state index contributed by atoms with van der Waals surface area (Å²) in [6, 6.07) is 0. The van der Waals surface area contributed by atoms with Crippen molar-refractivity contribution in [3.8, 4) is 0 Å². The van der Waals surface area contributed by atoms with Crippen molar-refractivity contribution in [2.24, 2.45) is 0 Å². The topological polar surface area (TPSA) is 34.1 Å². The molecule has 0 aromatic rings. The van der Waals surface area contributed by atoms with Crippen LogP contribution in [0.2, 0.25) is 0 Å². The average Bonchev–Trinajstić information content (AvgIpc) is 2.87. The van der Waals surface area contributed by atoms with Crippen LogP contribution in [-0.2, 0) is 9.59 Å². The van der Waals surface area contributed by atoms with Gasteiger partial charge in [-0.05, 0) is 12.2 Å². The minimum Gasteiger partial charge on any atom is -0.293 e. The van der Waals surface area contributed by atoms with Gasteiger partial charge < -0.3 is 0 Å². The first-order valence-corrected chi connectivity index (χ1v) is 5.54. The first kappa shape index (κ1) is 8.92. The molecule has 0 aromatic heterocycles. The van der Waals surface area contributed by atoms with Gasteiger partial charge in [0.2, 0.25) is 0 Å². The van der Waals surface area contributed by atoms with E-state index in [4.69, 9.17) is 0 Å². The molecular formula is C12H8O2S. The molecule has 3 aliphatic rings. The van der Waals surface area contributed by atoms with E-state index in [9.17, 15) is 9.59 Å². The Labute approximate surface area is 91.4 Å². The van der Waals surface area contributed by atoms with Crippen LogP contribution < -0.4 is 0 Å². The van der Waals surface area contributed by atoms with Gasteiger partial charge in [0.05, 0.1) is 0 Å². The molecule has 0 saturated carbocycles. The number of allylic oxidation sites excluding steroid dienone is 6. The fourth-order valence-electron chi connectivity index (χ4n) is 2.09. The summed E-state index contributed by atoms with van der Waals surface area (Å²) >= 11 is 1.42. The second kappa shape index (κ2) is 2.61. The molecule has 0 radical (unpaired) electrons. The van der Waals surface area contributed by atoms with Crippen molar-refractivity contribution in [2.75, 3.05) is 0 Å². The van der Waals surface area contributed by atoms with Gasteiger partial charge in [-0.25, -0.2) is 0 Å². The van der Waals surface area contributed by atoms with E-state index in [0.717, 1.165) is 0 Å². The highest BCUT2D eigenvalue weighted by Crippen LogP contribution is 2.67. The van der Waals surface area contributed by atoms with Crippen LogP contribution >= 0.6 is 11.8 Å². The number of fused-ring (bicyclic) bond motifs is 1. The fraction of sp³-hybridized carbons (Fsp3) is 0.167. The van der Waals surface area contributed by atoms with Crippen LogP contribution in [0, 0.1) is 0 Å². The molecule has 0 amide bonds. The maximum atomic E-state index is 11.8. The summed E-state index contributed by atoms with van der Waals surface area (Å²) in [5.41, 5.74) is 0. The van der Waals surface area contributed by atoms with Crippen LogP contribution in [0.15, 0.2) is 48.6 Å². The fourth-order valence-corrected chi connectivity index (χ4v) is 3.52. The smallest absolute Gasteiger partial charge is 0.177 e. The molecule has 2 spiro atoms. The molecule has 0 bridgehead atoms. The molecule has 1 aliphatic heterocycles. The monoisotopic (exact) mass is 216 g/mol. The Kier molecular flexibility index (Phi) is 1.55. The molecule has 1 fully saturated rings. The van der Waals surface area contributed by atoms with Gasteiger partial charge in [0.15, 0.2) is 11.6 Å². The summed E-state index contributed by atoms with van der Waals surface area (Å²) in [7, 11) is 0. The maximum absolute atomic E-state index is 11.8. The van der Waals surface area contributed by atoms with Crippen molar-refractivity contribution in [2.45, 2.75) is 9.49 Å². The SMILES string of the molecule is O=C1C=CC=CC12SC21C=CC=CC1=O. The predicted molar refractivity (Wildman–Crippen MR) is 59.6 cm³/mol. The van der Waals surface area contributed by atoms with Crippen LogP contribution in [-0.4, -0.2) is 21.1 Å². The lowest BCUT2D eigenvalue weighted by atomic mass is 9.81. The summed E-state index contributed by atoms with van der Waals surface area (Å²) < 4.78 is -1.31. The van der Waals surface area contributed by atoms with Crippen molar-refractivity contribution in [1.29, 1.82) is 0 Å². The maximum Gasteiger partial charge on any atom is 0.177 e. The van der Waals surface area contributed by atoms with Crippen LogP contribution in [0.1, 0.15) is 0 Å². The van der Waals surface area contributed by atoms with Gasteiger partial charge in [-0.2, -0.15) is 0 Å². The lowest BCUT2D eigenvalue weighted by molar-refractivity contribution is -0.120. The third kappa shape index (κ3) is 0.913. The van der Waals surface area contributed by atoms with Crippen LogP contribution in [0.25, 0.3) is 0 Å². The standard InChI is InChI=1S/C12H8O2S/c13-9-5-1-3-7-11(9)12(15-11)8-4-2-6-10(12)14/h1-8H. The third-order valence-electron chi connectivity index (χ3n) is 2.94. The van der Waals surface area contributed by atoms with Crippen molar-refractivity contribution >= 4 is 23.3 Å². The Balaban J connectivity index is 2.07. The van der Waals surface area contributed by atoms with E-state index >= 15 is 0 Å².